The normalized spacial score (nSPS) is 23.4. The van der Waals surface area contributed by atoms with Crippen molar-refractivity contribution in [1.82, 2.24) is 15.2 Å². The lowest BCUT2D eigenvalue weighted by Crippen LogP contribution is -2.56. The summed E-state index contributed by atoms with van der Waals surface area (Å²) in [6.07, 6.45) is -4.86. The lowest BCUT2D eigenvalue weighted by molar-refractivity contribution is -0.191. The lowest BCUT2D eigenvalue weighted by Gasteiger charge is -2.24. The molecule has 1 N–H and O–H groups in total. The van der Waals surface area contributed by atoms with Crippen LogP contribution < -0.4 is 5.32 Å². The fraction of sp³-hybridized carbons (Fsp3) is 0.500. The predicted octanol–water partition coefficient (Wildman–Crippen LogP) is 2.25. The molecule has 2 heterocycles. The van der Waals surface area contributed by atoms with Crippen molar-refractivity contribution >= 4 is 34.9 Å². The van der Waals surface area contributed by atoms with Crippen LogP contribution in [0, 0.1) is 0 Å². The van der Waals surface area contributed by atoms with Gasteiger partial charge in [0.25, 0.3) is 5.91 Å². The van der Waals surface area contributed by atoms with E-state index >= 15 is 0 Å². The van der Waals surface area contributed by atoms with Crippen LogP contribution in [0.1, 0.15) is 17.6 Å². The average molecular weight is 328 g/mol. The van der Waals surface area contributed by atoms with Crippen molar-refractivity contribution in [3.8, 4) is 0 Å². The molecule has 1 aliphatic rings. The smallest absolute Gasteiger partial charge is 0.316 e. The van der Waals surface area contributed by atoms with E-state index in [9.17, 15) is 22.8 Å². The molecule has 5 nitrogen and oxygen atoms in total. The van der Waals surface area contributed by atoms with Gasteiger partial charge in [0.15, 0.2) is 0 Å². The van der Waals surface area contributed by atoms with Gasteiger partial charge in [0.05, 0.1) is 18.1 Å². The predicted molar refractivity (Wildman–Crippen MR) is 65.2 cm³/mol. The number of rotatable bonds is 3. The first-order chi connectivity index (χ1) is 9.19. The fourth-order valence-corrected chi connectivity index (χ4v) is 2.66. The first kappa shape index (κ1) is 15.0. The number of carbonyl (C=O) groups is 2. The topological polar surface area (TPSA) is 62.3 Å². The van der Waals surface area contributed by atoms with Crippen LogP contribution >= 0.6 is 22.9 Å². The van der Waals surface area contributed by atoms with Crippen molar-refractivity contribution in [2.75, 3.05) is 0 Å². The zero-order valence-corrected chi connectivity index (χ0v) is 11.7. The highest BCUT2D eigenvalue weighted by molar-refractivity contribution is 7.09. The third-order valence-electron chi connectivity index (χ3n) is 2.87. The number of nitrogens with zero attached hydrogens (tertiary/aromatic N) is 2. The Morgan fingerprint density at radius 2 is 2.15 bits per heavy atom. The summed E-state index contributed by atoms with van der Waals surface area (Å²) in [6.45, 7) is 0.331. The number of urea groups is 1. The van der Waals surface area contributed by atoms with E-state index in [2.05, 4.69) is 4.98 Å². The van der Waals surface area contributed by atoms with Crippen molar-refractivity contribution in [2.24, 2.45) is 0 Å². The van der Waals surface area contributed by atoms with Crippen LogP contribution in [0.3, 0.4) is 0 Å². The van der Waals surface area contributed by atoms with Gasteiger partial charge >= 0.3 is 12.2 Å². The van der Waals surface area contributed by atoms with E-state index in [0.29, 0.717) is 22.5 Å². The van der Waals surface area contributed by atoms with E-state index in [1.165, 1.54) is 0 Å². The summed E-state index contributed by atoms with van der Waals surface area (Å²) in [5.74, 6) is -1.19. The highest BCUT2D eigenvalue weighted by Gasteiger charge is 2.64. The molecule has 1 aromatic heterocycles. The second-order valence-electron chi connectivity index (χ2n) is 4.31. The molecule has 1 aromatic rings. The zero-order chi connectivity index (χ0) is 15.1. The van der Waals surface area contributed by atoms with Gasteiger partial charge in [-0.25, -0.2) is 9.78 Å². The summed E-state index contributed by atoms with van der Waals surface area (Å²) in [7, 11) is 0. The van der Waals surface area contributed by atoms with Crippen molar-refractivity contribution in [3.63, 3.8) is 0 Å². The molecule has 0 aromatic carbocycles. The second-order valence-corrected chi connectivity index (χ2v) is 5.52. The van der Waals surface area contributed by atoms with Gasteiger partial charge in [-0.15, -0.1) is 22.9 Å². The first-order valence-corrected chi connectivity index (χ1v) is 6.80. The molecular weight excluding hydrogens is 319 g/mol. The molecule has 0 saturated carbocycles. The molecule has 1 saturated heterocycles. The number of thiazole rings is 1. The number of carbonyl (C=O) groups excluding carboxylic acids is 2. The first-order valence-electron chi connectivity index (χ1n) is 5.39. The number of aromatic nitrogens is 1. The van der Waals surface area contributed by atoms with Crippen LogP contribution in [0.25, 0.3) is 0 Å². The molecule has 1 aliphatic heterocycles. The third kappa shape index (κ3) is 2.35. The SMILES string of the molecule is CC1(C(F)(F)F)NC(=O)N(Cc2nc(CCl)cs2)C1=O. The average Bonchev–Trinajstić information content (AvgIpc) is 2.88. The molecule has 0 bridgehead atoms. The third-order valence-corrected chi connectivity index (χ3v) is 4.03. The number of hydrogen-bond acceptors (Lipinski definition) is 4. The monoisotopic (exact) mass is 327 g/mol. The highest BCUT2D eigenvalue weighted by Crippen LogP contribution is 2.35. The van der Waals surface area contributed by atoms with E-state index in [1.54, 1.807) is 10.7 Å². The summed E-state index contributed by atoms with van der Waals surface area (Å²) >= 11 is 6.68. The molecule has 1 unspecified atom stereocenters. The van der Waals surface area contributed by atoms with Gasteiger partial charge in [0, 0.05) is 5.38 Å². The van der Waals surface area contributed by atoms with Crippen LogP contribution in [-0.4, -0.2) is 33.5 Å². The Morgan fingerprint density at radius 3 is 2.60 bits per heavy atom. The molecule has 2 rings (SSSR count). The molecule has 110 valence electrons. The molecule has 0 spiro atoms. The molecule has 10 heteroatoms. The standard InChI is InChI=1S/C10H9ClF3N3O2S/c1-9(10(12,13)14)7(18)17(8(19)16-9)3-6-15-5(2-11)4-20-6/h4H,2-3H2,1H3,(H,16,19). The quantitative estimate of drug-likeness (QED) is 0.684. The van der Waals surface area contributed by atoms with E-state index in [4.69, 9.17) is 11.6 Å². The summed E-state index contributed by atoms with van der Waals surface area (Å²) in [6, 6.07) is -1.09. The Morgan fingerprint density at radius 1 is 1.50 bits per heavy atom. The maximum absolute atomic E-state index is 12.8. The van der Waals surface area contributed by atoms with Crippen molar-refractivity contribution in [1.29, 1.82) is 0 Å². The summed E-state index contributed by atoms with van der Waals surface area (Å²) in [5.41, 5.74) is -2.35. The Hall–Kier alpha value is -1.35. The number of imide groups is 1. The van der Waals surface area contributed by atoms with Gasteiger partial charge in [0.2, 0.25) is 5.54 Å². The van der Waals surface area contributed by atoms with Crippen LogP contribution in [-0.2, 0) is 17.2 Å². The van der Waals surface area contributed by atoms with Crippen molar-refractivity contribution < 1.29 is 22.8 Å². The van der Waals surface area contributed by atoms with E-state index < -0.39 is 23.7 Å². The van der Waals surface area contributed by atoms with Crippen LogP contribution in [0.5, 0.6) is 0 Å². The Balaban J connectivity index is 2.21. The van der Waals surface area contributed by atoms with Gasteiger partial charge in [0.1, 0.15) is 5.01 Å². The number of nitrogens with one attached hydrogen (secondary N) is 1. The summed E-state index contributed by atoms with van der Waals surface area (Å²) in [5, 5.41) is 3.63. The van der Waals surface area contributed by atoms with Crippen LogP contribution in [0.4, 0.5) is 18.0 Å². The highest BCUT2D eigenvalue weighted by atomic mass is 35.5. The van der Waals surface area contributed by atoms with Crippen molar-refractivity contribution in [3.05, 3.63) is 16.1 Å². The van der Waals surface area contributed by atoms with E-state index in [0.717, 1.165) is 11.3 Å². The number of amides is 3. The van der Waals surface area contributed by atoms with Gasteiger partial charge < -0.3 is 5.32 Å². The zero-order valence-electron chi connectivity index (χ0n) is 10.1. The largest absolute Gasteiger partial charge is 0.420 e. The van der Waals surface area contributed by atoms with Crippen LogP contribution in [0.15, 0.2) is 5.38 Å². The van der Waals surface area contributed by atoms with Crippen molar-refractivity contribution in [2.45, 2.75) is 31.1 Å². The Kier molecular flexibility index (Phi) is 3.67. The molecule has 0 aliphatic carbocycles. The number of hydrogen-bond donors (Lipinski definition) is 1. The minimum absolute atomic E-state index is 0.150. The summed E-state index contributed by atoms with van der Waals surface area (Å²) in [4.78, 5) is 27.9. The minimum atomic E-state index is -4.86. The second kappa shape index (κ2) is 4.88. The van der Waals surface area contributed by atoms with Gasteiger partial charge in [-0.05, 0) is 6.92 Å². The Labute approximate surface area is 120 Å². The van der Waals surface area contributed by atoms with Gasteiger partial charge in [-0.2, -0.15) is 13.2 Å². The number of halogens is 4. The molecular formula is C10H9ClF3N3O2S. The van der Waals surface area contributed by atoms with Crippen LogP contribution in [0.2, 0.25) is 0 Å². The molecule has 1 atom stereocenters. The maximum atomic E-state index is 12.8. The molecule has 0 radical (unpaired) electrons. The molecule has 20 heavy (non-hydrogen) atoms. The molecule has 1 fully saturated rings. The maximum Gasteiger partial charge on any atom is 0.420 e. The minimum Gasteiger partial charge on any atom is -0.316 e. The van der Waals surface area contributed by atoms with E-state index in [1.807, 2.05) is 0 Å². The Bertz CT molecular complexity index is 562. The molecule has 3 amide bonds. The fourth-order valence-electron chi connectivity index (χ4n) is 1.65. The lowest BCUT2D eigenvalue weighted by atomic mass is 10.0. The van der Waals surface area contributed by atoms with E-state index in [-0.39, 0.29) is 12.4 Å². The summed E-state index contributed by atoms with van der Waals surface area (Å²) < 4.78 is 38.5. The van der Waals surface area contributed by atoms with Gasteiger partial charge in [-0.3, -0.25) is 9.69 Å². The van der Waals surface area contributed by atoms with Gasteiger partial charge in [-0.1, -0.05) is 0 Å². The number of alkyl halides is 4.